The van der Waals surface area contributed by atoms with Gasteiger partial charge in [0.1, 0.15) is 9.79 Å². The van der Waals surface area contributed by atoms with Gasteiger partial charge < -0.3 is 10.6 Å². The molecule has 1 aromatic heterocycles. The minimum atomic E-state index is -4.86. The molecule has 4 N–H and O–H groups in total. The Morgan fingerprint density at radius 1 is 0.545 bits per heavy atom. The predicted molar refractivity (Wildman–Crippen MR) is 171 cm³/mol. The van der Waals surface area contributed by atoms with Crippen molar-refractivity contribution in [3.63, 3.8) is 0 Å². The van der Waals surface area contributed by atoms with Gasteiger partial charge in [0, 0.05) is 76.1 Å². The van der Waals surface area contributed by atoms with Crippen molar-refractivity contribution < 1.29 is 25.9 Å². The molecule has 11 nitrogen and oxygen atoms in total. The Balaban J connectivity index is 0.00000264. The van der Waals surface area contributed by atoms with E-state index in [1.165, 1.54) is 48.6 Å². The van der Waals surface area contributed by atoms with E-state index in [1.54, 1.807) is 30.3 Å². The number of nitrogens with zero attached hydrogens (tertiary/aromatic N) is 3. The standard InChI is InChI=1S/C29H23N5O6S2.2Na/c35-41(36,37)25-17-8-7-10-20(25)18-19-21-11-9-16-24(26(21)42(38,39)40)27-32-28(30-22-12-3-1-4-13-22)34-29(33-27)31-23-14-5-2-6-15-23;;/h1-19H,(H,35,36,37)(H,38,39,40)(H2,30,31,32,33,34);;. The second-order valence-corrected chi connectivity index (χ2v) is 11.6. The number of hydrogen-bond donors (Lipinski definition) is 4. The average Bonchev–Trinajstić information content (AvgIpc) is 2.96. The fourth-order valence-corrected chi connectivity index (χ4v) is 5.65. The zero-order valence-electron chi connectivity index (χ0n) is 23.7. The molecule has 44 heavy (non-hydrogen) atoms. The third-order valence-corrected chi connectivity index (χ3v) is 7.78. The molecule has 0 saturated heterocycles. The van der Waals surface area contributed by atoms with E-state index in [4.69, 9.17) is 0 Å². The molecule has 2 radical (unpaired) electrons. The summed E-state index contributed by atoms with van der Waals surface area (Å²) in [5.74, 6) is 0.144. The van der Waals surface area contributed by atoms with Crippen molar-refractivity contribution in [1.29, 1.82) is 0 Å². The minimum absolute atomic E-state index is 0. The smallest absolute Gasteiger partial charge is 0.295 e. The van der Waals surface area contributed by atoms with E-state index in [9.17, 15) is 25.9 Å². The second-order valence-electron chi connectivity index (χ2n) is 8.83. The molecular formula is C29H23N5Na2O6S2. The predicted octanol–water partition coefficient (Wildman–Crippen LogP) is 4.93. The summed E-state index contributed by atoms with van der Waals surface area (Å²) in [5.41, 5.74) is 1.44. The molecule has 0 fully saturated rings. The van der Waals surface area contributed by atoms with E-state index in [0.717, 1.165) is 0 Å². The first-order valence-corrected chi connectivity index (χ1v) is 15.2. The van der Waals surface area contributed by atoms with Crippen LogP contribution in [-0.2, 0) is 20.2 Å². The first-order valence-electron chi connectivity index (χ1n) is 12.3. The van der Waals surface area contributed by atoms with E-state index in [-0.39, 0.29) is 98.4 Å². The van der Waals surface area contributed by atoms with Crippen LogP contribution in [0.2, 0.25) is 0 Å². The molecule has 4 aromatic carbocycles. The maximum atomic E-state index is 12.7. The average molecular weight is 648 g/mol. The summed E-state index contributed by atoms with van der Waals surface area (Å²) in [6.45, 7) is 0. The molecule has 5 rings (SSSR count). The molecule has 5 aromatic rings. The Hall–Kier alpha value is -2.95. The largest absolute Gasteiger partial charge is 0.324 e. The maximum Gasteiger partial charge on any atom is 0.295 e. The fraction of sp³-hybridized carbons (Fsp3) is 0. The number of anilines is 4. The van der Waals surface area contributed by atoms with Crippen molar-refractivity contribution in [2.45, 2.75) is 9.79 Å². The van der Waals surface area contributed by atoms with Crippen LogP contribution in [0, 0.1) is 0 Å². The Kier molecular flexibility index (Phi) is 12.4. The molecule has 0 saturated carbocycles. The normalized spacial score (nSPS) is 11.3. The summed E-state index contributed by atoms with van der Waals surface area (Å²) in [4.78, 5) is 12.4. The van der Waals surface area contributed by atoms with Crippen molar-refractivity contribution in [3.05, 3.63) is 114 Å². The van der Waals surface area contributed by atoms with Gasteiger partial charge in [0.15, 0.2) is 5.82 Å². The molecule has 15 heteroatoms. The third-order valence-electron chi connectivity index (χ3n) is 5.88. The topological polar surface area (TPSA) is 171 Å². The summed E-state index contributed by atoms with van der Waals surface area (Å²) in [6.07, 6.45) is 2.62. The molecule has 0 atom stereocenters. The Labute approximate surface area is 299 Å². The van der Waals surface area contributed by atoms with Gasteiger partial charge in [-0.25, -0.2) is 0 Å². The molecule has 0 unspecified atom stereocenters. The quantitative estimate of drug-likeness (QED) is 0.0972. The Morgan fingerprint density at radius 3 is 1.55 bits per heavy atom. The van der Waals surface area contributed by atoms with Gasteiger partial charge in [-0.2, -0.15) is 31.8 Å². The SMILES string of the molecule is O=S(=O)(O)c1ccccc1C=Cc1cccc(-c2nc(Nc3ccccc3)nc(Nc3ccccc3)n2)c1S(=O)(=O)O.[Na].[Na]. The van der Waals surface area contributed by atoms with Gasteiger partial charge in [-0.15, -0.1) is 0 Å². The summed E-state index contributed by atoms with van der Waals surface area (Å²) < 4.78 is 68.9. The van der Waals surface area contributed by atoms with Crippen molar-refractivity contribution in [3.8, 4) is 11.4 Å². The summed E-state index contributed by atoms with van der Waals surface area (Å²) >= 11 is 0. The van der Waals surface area contributed by atoms with Crippen LogP contribution >= 0.6 is 0 Å². The van der Waals surface area contributed by atoms with Crippen LogP contribution in [0.25, 0.3) is 23.5 Å². The van der Waals surface area contributed by atoms with Crippen LogP contribution in [0.5, 0.6) is 0 Å². The van der Waals surface area contributed by atoms with E-state index in [0.29, 0.717) is 11.4 Å². The monoisotopic (exact) mass is 647 g/mol. The number of rotatable bonds is 9. The fourth-order valence-electron chi connectivity index (χ4n) is 4.09. The van der Waals surface area contributed by atoms with Crippen LogP contribution in [0.4, 0.5) is 23.3 Å². The van der Waals surface area contributed by atoms with Crippen molar-refractivity contribution in [1.82, 2.24) is 15.0 Å². The van der Waals surface area contributed by atoms with Gasteiger partial charge in [-0.05, 0) is 47.5 Å². The molecule has 0 aliphatic heterocycles. The molecular weight excluding hydrogens is 624 g/mol. The van der Waals surface area contributed by atoms with Crippen molar-refractivity contribution >= 4 is 115 Å². The Morgan fingerprint density at radius 2 is 1.02 bits per heavy atom. The maximum absolute atomic E-state index is 12.7. The number of benzene rings is 4. The first kappa shape index (κ1) is 35.5. The molecule has 0 amide bonds. The van der Waals surface area contributed by atoms with Gasteiger partial charge in [0.25, 0.3) is 20.2 Å². The summed E-state index contributed by atoms with van der Waals surface area (Å²) in [6, 6.07) is 28.2. The van der Waals surface area contributed by atoms with Crippen LogP contribution in [0.3, 0.4) is 0 Å². The zero-order valence-corrected chi connectivity index (χ0v) is 29.3. The Bertz CT molecular complexity index is 1940. The molecule has 0 spiro atoms. The van der Waals surface area contributed by atoms with Gasteiger partial charge >= 0.3 is 0 Å². The number of nitrogens with one attached hydrogen (secondary N) is 2. The van der Waals surface area contributed by atoms with E-state index in [1.807, 2.05) is 36.4 Å². The van der Waals surface area contributed by atoms with Crippen molar-refractivity contribution in [2.75, 3.05) is 10.6 Å². The molecule has 0 bridgehead atoms. The molecule has 0 aliphatic carbocycles. The van der Waals surface area contributed by atoms with Crippen LogP contribution in [-0.4, -0.2) is 100 Å². The third kappa shape index (κ3) is 9.05. The summed E-state index contributed by atoms with van der Waals surface area (Å²) in [5, 5.41) is 6.14. The molecule has 214 valence electrons. The number of aromatic nitrogens is 3. The molecule has 1 heterocycles. The van der Waals surface area contributed by atoms with E-state index < -0.39 is 25.1 Å². The molecule has 0 aliphatic rings. The van der Waals surface area contributed by atoms with E-state index in [2.05, 4.69) is 25.6 Å². The number of para-hydroxylation sites is 2. The first-order chi connectivity index (χ1) is 20.1. The van der Waals surface area contributed by atoms with Gasteiger partial charge in [0.2, 0.25) is 11.9 Å². The van der Waals surface area contributed by atoms with Crippen LogP contribution < -0.4 is 10.6 Å². The van der Waals surface area contributed by atoms with Crippen molar-refractivity contribution in [2.24, 2.45) is 0 Å². The van der Waals surface area contributed by atoms with Crippen LogP contribution in [0.15, 0.2) is 113 Å². The van der Waals surface area contributed by atoms with Gasteiger partial charge in [-0.3, -0.25) is 9.11 Å². The zero-order chi connectivity index (χ0) is 29.7. The van der Waals surface area contributed by atoms with Gasteiger partial charge in [-0.1, -0.05) is 78.9 Å². The van der Waals surface area contributed by atoms with Gasteiger partial charge in [0.05, 0.1) is 0 Å². The number of hydrogen-bond acceptors (Lipinski definition) is 9. The minimum Gasteiger partial charge on any atom is -0.324 e. The summed E-state index contributed by atoms with van der Waals surface area (Å²) in [7, 11) is -9.41. The second kappa shape index (κ2) is 15.4. The van der Waals surface area contributed by atoms with Crippen LogP contribution in [0.1, 0.15) is 11.1 Å². The van der Waals surface area contributed by atoms with E-state index >= 15 is 0 Å².